The molecule has 1 atom stereocenters. The molecule has 0 saturated carbocycles. The molecule has 0 unspecified atom stereocenters. The van der Waals surface area contributed by atoms with E-state index in [4.69, 9.17) is 5.73 Å². The predicted molar refractivity (Wildman–Crippen MR) is 80.8 cm³/mol. The molecule has 0 radical (unpaired) electrons. The number of nitrogens with two attached hydrogens (primary N) is 1. The maximum absolute atomic E-state index is 12.0. The summed E-state index contributed by atoms with van der Waals surface area (Å²) in [6, 6.07) is 4.55. The predicted octanol–water partition coefficient (Wildman–Crippen LogP) is 2.69. The molecular formula is C14H23ClN2O2. The Morgan fingerprint density at radius 2 is 2.00 bits per heavy atom. The van der Waals surface area contributed by atoms with Crippen molar-refractivity contribution in [3.63, 3.8) is 0 Å². The molecule has 0 fully saturated rings. The Bertz CT molecular complexity index is 442. The number of benzene rings is 1. The van der Waals surface area contributed by atoms with Crippen molar-refractivity contribution >= 4 is 24.0 Å². The first-order valence-electron chi connectivity index (χ1n) is 6.14. The van der Waals surface area contributed by atoms with Crippen molar-refractivity contribution in [1.29, 1.82) is 0 Å². The molecule has 0 saturated heterocycles. The lowest BCUT2D eigenvalue weighted by molar-refractivity contribution is -0.119. The molecule has 0 aliphatic rings. The van der Waals surface area contributed by atoms with E-state index >= 15 is 0 Å². The van der Waals surface area contributed by atoms with E-state index in [0.717, 1.165) is 12.0 Å². The van der Waals surface area contributed by atoms with E-state index in [1.54, 1.807) is 12.1 Å². The highest BCUT2D eigenvalue weighted by Crippen LogP contribution is 2.26. The molecule has 0 heterocycles. The first-order valence-corrected chi connectivity index (χ1v) is 6.14. The van der Waals surface area contributed by atoms with E-state index in [-0.39, 0.29) is 29.5 Å². The Morgan fingerprint density at radius 3 is 2.47 bits per heavy atom. The molecule has 0 aliphatic carbocycles. The topological polar surface area (TPSA) is 75.3 Å². The number of phenols is 1. The zero-order valence-corrected chi connectivity index (χ0v) is 12.7. The fourth-order valence-corrected chi connectivity index (χ4v) is 1.51. The highest BCUT2D eigenvalue weighted by atomic mass is 35.5. The third-order valence-corrected chi connectivity index (χ3v) is 2.94. The number of amides is 1. The standard InChI is InChI=1S/C14H22N2O2.ClH/c1-5-9-6-7-11(17)10(8-9)16-13(18)12(15)14(2,3)4;/h6-8,12,17H,5,15H2,1-4H3,(H,16,18);1H/t12-;/m1./s1. The molecule has 0 spiro atoms. The maximum atomic E-state index is 12.0. The Labute approximate surface area is 120 Å². The largest absolute Gasteiger partial charge is 0.506 e. The van der Waals surface area contributed by atoms with Crippen LogP contribution < -0.4 is 11.1 Å². The maximum Gasteiger partial charge on any atom is 0.241 e. The van der Waals surface area contributed by atoms with E-state index in [9.17, 15) is 9.90 Å². The second kappa shape index (κ2) is 6.78. The van der Waals surface area contributed by atoms with Crippen LogP contribution >= 0.6 is 12.4 Å². The third kappa shape index (κ3) is 4.73. The molecule has 108 valence electrons. The van der Waals surface area contributed by atoms with Crippen LogP contribution in [0.25, 0.3) is 0 Å². The van der Waals surface area contributed by atoms with Gasteiger partial charge in [0.1, 0.15) is 5.75 Å². The molecule has 19 heavy (non-hydrogen) atoms. The van der Waals surface area contributed by atoms with Crippen LogP contribution in [0, 0.1) is 5.41 Å². The van der Waals surface area contributed by atoms with Gasteiger partial charge in [-0.1, -0.05) is 33.8 Å². The average molecular weight is 287 g/mol. The van der Waals surface area contributed by atoms with Crippen molar-refractivity contribution in [2.45, 2.75) is 40.2 Å². The van der Waals surface area contributed by atoms with Gasteiger partial charge >= 0.3 is 0 Å². The van der Waals surface area contributed by atoms with Gasteiger partial charge in [0.2, 0.25) is 5.91 Å². The van der Waals surface area contributed by atoms with Crippen molar-refractivity contribution in [3.8, 4) is 5.75 Å². The first-order chi connectivity index (χ1) is 8.25. The molecule has 1 aromatic rings. The molecule has 4 nitrogen and oxygen atoms in total. The summed E-state index contributed by atoms with van der Waals surface area (Å²) in [6.07, 6.45) is 0.842. The Morgan fingerprint density at radius 1 is 1.42 bits per heavy atom. The van der Waals surface area contributed by atoms with Crippen LogP contribution in [0.2, 0.25) is 0 Å². The Balaban J connectivity index is 0.00000324. The zero-order valence-electron chi connectivity index (χ0n) is 11.9. The summed E-state index contributed by atoms with van der Waals surface area (Å²) in [5.74, 6) is -0.229. The van der Waals surface area contributed by atoms with Crippen LogP contribution in [0.15, 0.2) is 18.2 Å². The number of aromatic hydroxyl groups is 1. The van der Waals surface area contributed by atoms with Gasteiger partial charge in [0.05, 0.1) is 11.7 Å². The molecule has 4 N–H and O–H groups in total. The molecule has 1 amide bonds. The fraction of sp³-hybridized carbons (Fsp3) is 0.500. The molecular weight excluding hydrogens is 264 g/mol. The fourth-order valence-electron chi connectivity index (χ4n) is 1.51. The van der Waals surface area contributed by atoms with Gasteiger partial charge in [-0.25, -0.2) is 0 Å². The zero-order chi connectivity index (χ0) is 13.9. The number of halogens is 1. The first kappa shape index (κ1) is 17.7. The van der Waals surface area contributed by atoms with E-state index in [1.807, 2.05) is 33.8 Å². The van der Waals surface area contributed by atoms with Crippen molar-refractivity contribution in [3.05, 3.63) is 23.8 Å². The van der Waals surface area contributed by atoms with Crippen LogP contribution in [0.5, 0.6) is 5.75 Å². The van der Waals surface area contributed by atoms with Crippen molar-refractivity contribution in [2.24, 2.45) is 11.1 Å². The molecule has 0 aliphatic heterocycles. The number of rotatable bonds is 3. The van der Waals surface area contributed by atoms with Crippen LogP contribution in [-0.2, 0) is 11.2 Å². The molecule has 0 bridgehead atoms. The molecule has 1 rings (SSSR count). The van der Waals surface area contributed by atoms with Crippen LogP contribution in [0.3, 0.4) is 0 Å². The van der Waals surface area contributed by atoms with Crippen LogP contribution in [0.4, 0.5) is 5.69 Å². The molecule has 5 heteroatoms. The third-order valence-electron chi connectivity index (χ3n) is 2.94. The minimum Gasteiger partial charge on any atom is -0.506 e. The van der Waals surface area contributed by atoms with Crippen LogP contribution in [0.1, 0.15) is 33.3 Å². The highest BCUT2D eigenvalue weighted by molar-refractivity contribution is 5.96. The van der Waals surface area contributed by atoms with Crippen molar-refractivity contribution < 1.29 is 9.90 Å². The number of nitrogens with one attached hydrogen (secondary N) is 1. The average Bonchev–Trinajstić information content (AvgIpc) is 2.29. The monoisotopic (exact) mass is 286 g/mol. The summed E-state index contributed by atoms with van der Waals surface area (Å²) in [5, 5.41) is 12.4. The van der Waals surface area contributed by atoms with E-state index in [0.29, 0.717) is 5.69 Å². The number of aryl methyl sites for hydroxylation is 1. The smallest absolute Gasteiger partial charge is 0.241 e. The van der Waals surface area contributed by atoms with E-state index in [1.165, 1.54) is 0 Å². The van der Waals surface area contributed by atoms with Gasteiger partial charge in [0.25, 0.3) is 0 Å². The van der Waals surface area contributed by atoms with Gasteiger partial charge in [-0.2, -0.15) is 0 Å². The van der Waals surface area contributed by atoms with Gasteiger partial charge in [-0.15, -0.1) is 12.4 Å². The quantitative estimate of drug-likeness (QED) is 0.748. The number of hydrogen-bond donors (Lipinski definition) is 3. The molecule has 0 aromatic heterocycles. The van der Waals surface area contributed by atoms with Gasteiger partial charge in [-0.3, -0.25) is 4.79 Å². The number of carbonyl (C=O) groups excluding carboxylic acids is 1. The van der Waals surface area contributed by atoms with Crippen molar-refractivity contribution in [1.82, 2.24) is 0 Å². The van der Waals surface area contributed by atoms with Gasteiger partial charge in [-0.05, 0) is 29.5 Å². The summed E-state index contributed by atoms with van der Waals surface area (Å²) in [7, 11) is 0. The lowest BCUT2D eigenvalue weighted by Crippen LogP contribution is -2.45. The van der Waals surface area contributed by atoms with Crippen molar-refractivity contribution in [2.75, 3.05) is 5.32 Å². The second-order valence-electron chi connectivity index (χ2n) is 5.54. The van der Waals surface area contributed by atoms with Gasteiger partial charge < -0.3 is 16.2 Å². The van der Waals surface area contributed by atoms with Gasteiger partial charge in [0, 0.05) is 0 Å². The lowest BCUT2D eigenvalue weighted by Gasteiger charge is -2.26. The minimum absolute atomic E-state index is 0. The number of anilines is 1. The van der Waals surface area contributed by atoms with E-state index in [2.05, 4.69) is 5.32 Å². The number of hydrogen-bond acceptors (Lipinski definition) is 3. The SMILES string of the molecule is CCc1ccc(O)c(NC(=O)[C@@H](N)C(C)(C)C)c1.Cl. The normalized spacial score (nSPS) is 12.5. The Kier molecular flexibility index (Phi) is 6.33. The second-order valence-corrected chi connectivity index (χ2v) is 5.54. The lowest BCUT2D eigenvalue weighted by atomic mass is 9.87. The number of carbonyl (C=O) groups is 1. The highest BCUT2D eigenvalue weighted by Gasteiger charge is 2.27. The van der Waals surface area contributed by atoms with Crippen LogP contribution in [-0.4, -0.2) is 17.1 Å². The molecule has 1 aromatic carbocycles. The minimum atomic E-state index is -0.623. The van der Waals surface area contributed by atoms with E-state index < -0.39 is 6.04 Å². The summed E-state index contributed by atoms with van der Waals surface area (Å²) < 4.78 is 0. The summed E-state index contributed by atoms with van der Waals surface area (Å²) in [5.41, 5.74) is 7.02. The summed E-state index contributed by atoms with van der Waals surface area (Å²) in [6.45, 7) is 7.72. The summed E-state index contributed by atoms with van der Waals surface area (Å²) >= 11 is 0. The Hall–Kier alpha value is -1.26. The van der Waals surface area contributed by atoms with Gasteiger partial charge in [0.15, 0.2) is 0 Å². The number of phenolic OH excluding ortho intramolecular Hbond substituents is 1. The summed E-state index contributed by atoms with van der Waals surface area (Å²) in [4.78, 5) is 12.0.